The molecule has 0 aromatic heterocycles. The van der Waals surface area contributed by atoms with Crippen molar-refractivity contribution < 1.29 is 19.1 Å². The minimum absolute atomic E-state index is 0.0727. The van der Waals surface area contributed by atoms with Gasteiger partial charge < -0.3 is 9.47 Å². The van der Waals surface area contributed by atoms with E-state index < -0.39 is 17.1 Å². The standard InChI is InChI=1S/C19H28ClNO4/c1-8-19(5,6)16(22)10-12-9-13(20)15(24-7)11-14(12)21-17(23)25-18(2,3)4/h9,11H,8,10H2,1-7H3,(H,21,23). The number of amides is 1. The van der Waals surface area contributed by atoms with Crippen molar-refractivity contribution in [2.24, 2.45) is 5.41 Å². The van der Waals surface area contributed by atoms with Crippen LogP contribution in [0.5, 0.6) is 5.75 Å². The SMILES string of the molecule is CCC(C)(C)C(=O)Cc1cc(Cl)c(OC)cc1NC(=O)OC(C)(C)C. The molecule has 0 aliphatic heterocycles. The maximum absolute atomic E-state index is 12.6. The lowest BCUT2D eigenvalue weighted by Gasteiger charge is -2.23. The Hall–Kier alpha value is -1.75. The van der Waals surface area contributed by atoms with E-state index in [1.807, 2.05) is 20.8 Å². The van der Waals surface area contributed by atoms with Crippen LogP contribution in [0.1, 0.15) is 53.5 Å². The number of anilines is 1. The first-order chi connectivity index (χ1) is 11.4. The number of carbonyl (C=O) groups is 2. The van der Waals surface area contributed by atoms with Crippen LogP contribution in [0.15, 0.2) is 12.1 Å². The summed E-state index contributed by atoms with van der Waals surface area (Å²) in [6.07, 6.45) is 0.292. The minimum Gasteiger partial charge on any atom is -0.495 e. The van der Waals surface area contributed by atoms with E-state index >= 15 is 0 Å². The molecule has 0 saturated carbocycles. The number of hydrogen-bond acceptors (Lipinski definition) is 4. The van der Waals surface area contributed by atoms with Crippen LogP contribution in [0.4, 0.5) is 10.5 Å². The Morgan fingerprint density at radius 1 is 1.16 bits per heavy atom. The van der Waals surface area contributed by atoms with Gasteiger partial charge in [0.1, 0.15) is 17.1 Å². The number of Topliss-reactive ketones (excluding diaryl/α,β-unsaturated/α-hetero) is 1. The normalized spacial score (nSPS) is 11.8. The fourth-order valence-electron chi connectivity index (χ4n) is 2.04. The Labute approximate surface area is 155 Å². The number of benzene rings is 1. The van der Waals surface area contributed by atoms with Crippen molar-refractivity contribution in [1.29, 1.82) is 0 Å². The summed E-state index contributed by atoms with van der Waals surface area (Å²) in [6.45, 7) is 11.1. The summed E-state index contributed by atoms with van der Waals surface area (Å²) in [4.78, 5) is 24.7. The summed E-state index contributed by atoms with van der Waals surface area (Å²) in [5.41, 5.74) is 0.00931. The molecule has 0 spiro atoms. The maximum atomic E-state index is 12.6. The van der Waals surface area contributed by atoms with E-state index in [2.05, 4.69) is 5.32 Å². The maximum Gasteiger partial charge on any atom is 0.412 e. The van der Waals surface area contributed by atoms with Gasteiger partial charge in [0.2, 0.25) is 0 Å². The molecule has 140 valence electrons. The Balaban J connectivity index is 3.16. The van der Waals surface area contributed by atoms with Gasteiger partial charge in [0.15, 0.2) is 0 Å². The number of rotatable bonds is 6. The third-order valence-corrected chi connectivity index (χ3v) is 4.30. The van der Waals surface area contributed by atoms with Gasteiger partial charge in [-0.1, -0.05) is 32.4 Å². The van der Waals surface area contributed by atoms with E-state index in [1.165, 1.54) is 7.11 Å². The highest BCUT2D eigenvalue weighted by Crippen LogP contribution is 2.33. The Morgan fingerprint density at radius 2 is 1.76 bits per heavy atom. The fraction of sp³-hybridized carbons (Fsp3) is 0.579. The lowest BCUT2D eigenvalue weighted by Crippen LogP contribution is -2.28. The molecule has 25 heavy (non-hydrogen) atoms. The number of hydrogen-bond donors (Lipinski definition) is 1. The number of methoxy groups -OCH3 is 1. The van der Waals surface area contributed by atoms with Crippen molar-refractivity contribution in [3.63, 3.8) is 0 Å². The molecule has 0 bridgehead atoms. The third-order valence-electron chi connectivity index (χ3n) is 4.00. The predicted molar refractivity (Wildman–Crippen MR) is 101 cm³/mol. The lowest BCUT2D eigenvalue weighted by molar-refractivity contribution is -0.126. The Bertz CT molecular complexity index is 648. The first-order valence-electron chi connectivity index (χ1n) is 8.29. The van der Waals surface area contributed by atoms with Crippen molar-refractivity contribution in [3.05, 3.63) is 22.7 Å². The van der Waals surface area contributed by atoms with Crippen LogP contribution in [0.25, 0.3) is 0 Å². The largest absolute Gasteiger partial charge is 0.495 e. The molecule has 1 aromatic rings. The van der Waals surface area contributed by atoms with Gasteiger partial charge in [-0.2, -0.15) is 0 Å². The number of ether oxygens (including phenoxy) is 2. The monoisotopic (exact) mass is 369 g/mol. The second kappa shape index (κ2) is 8.09. The van der Waals surface area contributed by atoms with Crippen molar-refractivity contribution in [2.75, 3.05) is 12.4 Å². The molecule has 1 rings (SSSR count). The van der Waals surface area contributed by atoms with Crippen molar-refractivity contribution >= 4 is 29.2 Å². The molecule has 0 aliphatic rings. The molecule has 0 atom stereocenters. The fourth-order valence-corrected chi connectivity index (χ4v) is 2.30. The zero-order valence-corrected chi connectivity index (χ0v) is 16.8. The van der Waals surface area contributed by atoms with E-state index in [9.17, 15) is 9.59 Å². The molecule has 0 heterocycles. The first kappa shape index (κ1) is 21.3. The smallest absolute Gasteiger partial charge is 0.412 e. The highest BCUT2D eigenvalue weighted by atomic mass is 35.5. The van der Waals surface area contributed by atoms with Crippen LogP contribution >= 0.6 is 11.6 Å². The Morgan fingerprint density at radius 3 is 2.24 bits per heavy atom. The second-order valence-corrected chi connectivity index (χ2v) is 8.02. The van der Waals surface area contributed by atoms with E-state index in [0.29, 0.717) is 22.0 Å². The summed E-state index contributed by atoms with van der Waals surface area (Å²) in [5.74, 6) is 0.488. The topological polar surface area (TPSA) is 64.6 Å². The van der Waals surface area contributed by atoms with Gasteiger partial charge in [0, 0.05) is 17.9 Å². The molecule has 6 heteroatoms. The molecule has 0 unspecified atom stereocenters. The molecular weight excluding hydrogens is 342 g/mol. The number of halogens is 1. The number of ketones is 1. The van der Waals surface area contributed by atoms with Crippen LogP contribution < -0.4 is 10.1 Å². The average molecular weight is 370 g/mol. The second-order valence-electron chi connectivity index (χ2n) is 7.61. The number of carbonyl (C=O) groups excluding carboxylic acids is 2. The molecule has 1 aromatic carbocycles. The average Bonchev–Trinajstić information content (AvgIpc) is 2.47. The summed E-state index contributed by atoms with van der Waals surface area (Å²) >= 11 is 6.20. The van der Waals surface area contributed by atoms with Crippen molar-refractivity contribution in [1.82, 2.24) is 0 Å². The summed E-state index contributed by atoms with van der Waals surface area (Å²) in [7, 11) is 1.49. The van der Waals surface area contributed by atoms with Crippen LogP contribution in [0.3, 0.4) is 0 Å². The molecular formula is C19H28ClNO4. The Kier molecular flexibility index (Phi) is 6.89. The minimum atomic E-state index is -0.624. The lowest BCUT2D eigenvalue weighted by atomic mass is 9.82. The molecule has 0 radical (unpaired) electrons. The van der Waals surface area contributed by atoms with Crippen LogP contribution in [0, 0.1) is 5.41 Å². The van der Waals surface area contributed by atoms with Crippen molar-refractivity contribution in [3.8, 4) is 5.75 Å². The molecule has 5 nitrogen and oxygen atoms in total. The quantitative estimate of drug-likeness (QED) is 0.744. The van der Waals surface area contributed by atoms with E-state index in [1.54, 1.807) is 32.9 Å². The summed E-state index contributed by atoms with van der Waals surface area (Å²) in [5, 5.41) is 3.08. The van der Waals surface area contributed by atoms with Gasteiger partial charge in [-0.05, 0) is 38.8 Å². The molecule has 0 saturated heterocycles. The zero-order valence-electron chi connectivity index (χ0n) is 16.1. The van der Waals surface area contributed by atoms with Gasteiger partial charge in [-0.15, -0.1) is 0 Å². The molecule has 0 aliphatic carbocycles. The van der Waals surface area contributed by atoms with Gasteiger partial charge in [0.25, 0.3) is 0 Å². The van der Waals surface area contributed by atoms with Gasteiger partial charge in [-0.25, -0.2) is 4.79 Å². The zero-order chi connectivity index (χ0) is 19.4. The predicted octanol–water partition coefficient (Wildman–Crippen LogP) is 5.24. The van der Waals surface area contributed by atoms with Gasteiger partial charge in [0.05, 0.1) is 17.8 Å². The first-order valence-corrected chi connectivity index (χ1v) is 8.67. The van der Waals surface area contributed by atoms with Crippen LogP contribution in [-0.2, 0) is 16.0 Å². The highest BCUT2D eigenvalue weighted by Gasteiger charge is 2.27. The van der Waals surface area contributed by atoms with Crippen LogP contribution in [-0.4, -0.2) is 24.6 Å². The van der Waals surface area contributed by atoms with Crippen molar-refractivity contribution in [2.45, 2.75) is 60.0 Å². The molecule has 1 N–H and O–H groups in total. The van der Waals surface area contributed by atoms with Gasteiger partial charge >= 0.3 is 6.09 Å². The van der Waals surface area contributed by atoms with E-state index in [4.69, 9.17) is 21.1 Å². The number of nitrogens with one attached hydrogen (secondary N) is 1. The van der Waals surface area contributed by atoms with Gasteiger partial charge in [-0.3, -0.25) is 10.1 Å². The summed E-state index contributed by atoms with van der Waals surface area (Å²) < 4.78 is 10.5. The van der Waals surface area contributed by atoms with Crippen LogP contribution in [0.2, 0.25) is 5.02 Å². The van der Waals surface area contributed by atoms with E-state index in [0.717, 1.165) is 6.42 Å². The molecule has 1 amide bonds. The summed E-state index contributed by atoms with van der Waals surface area (Å²) in [6, 6.07) is 3.25. The third kappa shape index (κ3) is 6.24. The highest BCUT2D eigenvalue weighted by molar-refractivity contribution is 6.32. The molecule has 0 fully saturated rings. The van der Waals surface area contributed by atoms with E-state index in [-0.39, 0.29) is 12.2 Å².